The van der Waals surface area contributed by atoms with Crippen molar-refractivity contribution in [2.24, 2.45) is 0 Å². The Morgan fingerprint density at radius 2 is 1.68 bits per heavy atom. The third-order valence-electron chi connectivity index (χ3n) is 4.12. The van der Waals surface area contributed by atoms with Gasteiger partial charge in [0.25, 0.3) is 0 Å². The predicted octanol–water partition coefficient (Wildman–Crippen LogP) is 4.42. The summed E-state index contributed by atoms with van der Waals surface area (Å²) < 4.78 is 27.2. The van der Waals surface area contributed by atoms with Crippen LogP contribution in [0, 0.1) is 0 Å². The van der Waals surface area contributed by atoms with Crippen molar-refractivity contribution >= 4 is 33.4 Å². The number of rotatable bonds is 12. The van der Waals surface area contributed by atoms with Crippen molar-refractivity contribution in [3.8, 4) is 0 Å². The Morgan fingerprint density at radius 1 is 0.964 bits per heavy atom. The van der Waals surface area contributed by atoms with Crippen LogP contribution in [0.15, 0.2) is 59.5 Å². The fraction of sp³-hybridized carbons (Fsp3) is 0.381. The minimum Gasteiger partial charge on any atom is -0.325 e. The molecule has 0 aliphatic carbocycles. The number of hydrogen-bond donors (Lipinski definition) is 2. The van der Waals surface area contributed by atoms with Crippen molar-refractivity contribution in [2.45, 2.75) is 43.3 Å². The molecule has 2 rings (SSSR count). The summed E-state index contributed by atoms with van der Waals surface area (Å²) in [5.41, 5.74) is 1.77. The fourth-order valence-corrected chi connectivity index (χ4v) is 4.45. The molecule has 5 nitrogen and oxygen atoms in total. The molecule has 0 aliphatic heterocycles. The van der Waals surface area contributed by atoms with Gasteiger partial charge in [0.2, 0.25) is 15.9 Å². The lowest BCUT2D eigenvalue weighted by Gasteiger charge is -2.09. The second-order valence-electron chi connectivity index (χ2n) is 6.51. The summed E-state index contributed by atoms with van der Waals surface area (Å²) in [6.07, 6.45) is 4.08. The summed E-state index contributed by atoms with van der Waals surface area (Å²) in [5, 5.41) is 2.80. The van der Waals surface area contributed by atoms with Gasteiger partial charge >= 0.3 is 0 Å². The zero-order valence-electron chi connectivity index (χ0n) is 16.2. The molecule has 0 fully saturated rings. The Hall–Kier alpha value is -1.83. The number of carbonyl (C=O) groups excluding carboxylic acids is 1. The molecular weight excluding hydrogens is 392 g/mol. The molecule has 0 aromatic heterocycles. The van der Waals surface area contributed by atoms with E-state index in [4.69, 9.17) is 0 Å². The van der Waals surface area contributed by atoms with Gasteiger partial charge in [0.1, 0.15) is 0 Å². The highest BCUT2D eigenvalue weighted by molar-refractivity contribution is 7.99. The molecule has 0 bridgehead atoms. The van der Waals surface area contributed by atoms with Crippen molar-refractivity contribution in [3.05, 3.63) is 60.2 Å². The van der Waals surface area contributed by atoms with Gasteiger partial charge in [-0.2, -0.15) is 0 Å². The number of hydrogen-bond acceptors (Lipinski definition) is 4. The van der Waals surface area contributed by atoms with Gasteiger partial charge in [0.05, 0.1) is 10.6 Å². The number of carbonyl (C=O) groups is 1. The Balaban J connectivity index is 1.77. The molecule has 0 saturated heterocycles. The van der Waals surface area contributed by atoms with E-state index in [-0.39, 0.29) is 10.8 Å². The summed E-state index contributed by atoms with van der Waals surface area (Å²) >= 11 is 1.54. The summed E-state index contributed by atoms with van der Waals surface area (Å²) in [4.78, 5) is 12.3. The summed E-state index contributed by atoms with van der Waals surface area (Å²) in [6, 6.07) is 16.2. The Bertz CT molecular complexity index is 822. The highest BCUT2D eigenvalue weighted by atomic mass is 32.2. The zero-order chi connectivity index (χ0) is 20.2. The molecule has 0 radical (unpaired) electrons. The topological polar surface area (TPSA) is 75.3 Å². The number of thioether (sulfide) groups is 1. The lowest BCUT2D eigenvalue weighted by atomic mass is 10.2. The van der Waals surface area contributed by atoms with Gasteiger partial charge in [-0.05, 0) is 36.2 Å². The first-order valence-corrected chi connectivity index (χ1v) is 12.2. The molecule has 1 amide bonds. The van der Waals surface area contributed by atoms with Gasteiger partial charge in [0.15, 0.2) is 0 Å². The molecule has 2 aromatic rings. The van der Waals surface area contributed by atoms with Gasteiger partial charge < -0.3 is 5.32 Å². The number of nitrogens with one attached hydrogen (secondary N) is 2. The monoisotopic (exact) mass is 420 g/mol. The van der Waals surface area contributed by atoms with Crippen LogP contribution in [-0.2, 0) is 20.6 Å². The number of amides is 1. The van der Waals surface area contributed by atoms with Crippen molar-refractivity contribution in [1.29, 1.82) is 0 Å². The van der Waals surface area contributed by atoms with E-state index in [0.29, 0.717) is 18.0 Å². The Morgan fingerprint density at radius 3 is 2.36 bits per heavy atom. The van der Waals surface area contributed by atoms with Crippen molar-refractivity contribution in [3.63, 3.8) is 0 Å². The molecular formula is C21H28N2O3S2. The van der Waals surface area contributed by atoms with E-state index in [1.54, 1.807) is 12.1 Å². The van der Waals surface area contributed by atoms with Crippen LogP contribution < -0.4 is 10.0 Å². The second-order valence-corrected chi connectivity index (χ2v) is 9.26. The lowest BCUT2D eigenvalue weighted by Crippen LogP contribution is -2.24. The first-order chi connectivity index (χ1) is 13.5. The van der Waals surface area contributed by atoms with Crippen LogP contribution in [0.4, 0.5) is 5.69 Å². The van der Waals surface area contributed by atoms with E-state index in [0.717, 1.165) is 31.4 Å². The second kappa shape index (κ2) is 11.9. The highest BCUT2D eigenvalue weighted by Crippen LogP contribution is 2.16. The van der Waals surface area contributed by atoms with Crippen LogP contribution in [0.25, 0.3) is 0 Å². The summed E-state index contributed by atoms with van der Waals surface area (Å²) in [6.45, 7) is 2.56. The van der Waals surface area contributed by atoms with Crippen molar-refractivity contribution < 1.29 is 13.2 Å². The van der Waals surface area contributed by atoms with Gasteiger partial charge in [-0.3, -0.25) is 4.79 Å². The number of anilines is 1. The SMILES string of the molecule is CCCCCCNS(=O)(=O)c1ccc(NC(=O)CSCc2ccccc2)cc1. The first kappa shape index (κ1) is 22.5. The van der Waals surface area contributed by atoms with Crippen LogP contribution in [0.5, 0.6) is 0 Å². The summed E-state index contributed by atoms with van der Waals surface area (Å²) in [5.74, 6) is 1.01. The standard InChI is InChI=1S/C21H28N2O3S2/c1-2-3-4-8-15-22-28(25,26)20-13-11-19(12-14-20)23-21(24)17-27-16-18-9-6-5-7-10-18/h5-7,9-14,22H,2-4,8,15-17H2,1H3,(H,23,24). The molecule has 0 aliphatic rings. The summed E-state index contributed by atoms with van der Waals surface area (Å²) in [7, 11) is -3.50. The average molecular weight is 421 g/mol. The molecule has 0 heterocycles. The van der Waals surface area contributed by atoms with Crippen molar-refractivity contribution in [2.75, 3.05) is 17.6 Å². The predicted molar refractivity (Wildman–Crippen MR) is 117 cm³/mol. The van der Waals surface area contributed by atoms with Crippen LogP contribution in [0.1, 0.15) is 38.2 Å². The molecule has 2 aromatic carbocycles. The minimum atomic E-state index is -3.50. The number of sulfonamides is 1. The van der Waals surface area contributed by atoms with Gasteiger partial charge in [-0.15, -0.1) is 11.8 Å². The van der Waals surface area contributed by atoms with Crippen molar-refractivity contribution in [1.82, 2.24) is 4.72 Å². The molecule has 2 N–H and O–H groups in total. The molecule has 0 saturated carbocycles. The van der Waals surface area contributed by atoms with Gasteiger partial charge in [-0.25, -0.2) is 13.1 Å². The third-order valence-corrected chi connectivity index (χ3v) is 6.60. The zero-order valence-corrected chi connectivity index (χ0v) is 17.8. The van der Waals surface area contributed by atoms with Crippen LogP contribution >= 0.6 is 11.8 Å². The molecule has 152 valence electrons. The normalized spacial score (nSPS) is 11.3. The maximum absolute atomic E-state index is 12.3. The average Bonchev–Trinajstić information content (AvgIpc) is 2.69. The molecule has 0 unspecified atom stereocenters. The van der Waals surface area contributed by atoms with E-state index < -0.39 is 10.0 Å². The largest absolute Gasteiger partial charge is 0.325 e. The van der Waals surface area contributed by atoms with Gasteiger partial charge in [0, 0.05) is 18.0 Å². The number of unbranched alkanes of at least 4 members (excludes halogenated alkanes) is 3. The van der Waals surface area contributed by atoms with Crippen LogP contribution in [0.2, 0.25) is 0 Å². The van der Waals surface area contributed by atoms with Crippen LogP contribution in [-0.4, -0.2) is 26.6 Å². The fourth-order valence-electron chi connectivity index (χ4n) is 2.59. The smallest absolute Gasteiger partial charge is 0.240 e. The Labute approximate surface area is 172 Å². The molecule has 0 atom stereocenters. The maximum atomic E-state index is 12.3. The highest BCUT2D eigenvalue weighted by Gasteiger charge is 2.13. The maximum Gasteiger partial charge on any atom is 0.240 e. The van der Waals surface area contributed by atoms with E-state index in [9.17, 15) is 13.2 Å². The van der Waals surface area contributed by atoms with E-state index >= 15 is 0 Å². The quantitative estimate of drug-likeness (QED) is 0.499. The molecule has 0 spiro atoms. The number of benzene rings is 2. The molecule has 28 heavy (non-hydrogen) atoms. The van der Waals surface area contributed by atoms with Gasteiger partial charge in [-0.1, -0.05) is 56.5 Å². The van der Waals surface area contributed by atoms with E-state index in [2.05, 4.69) is 17.0 Å². The molecule has 7 heteroatoms. The lowest BCUT2D eigenvalue weighted by molar-refractivity contribution is -0.113. The third kappa shape index (κ3) is 8.04. The Kier molecular flexibility index (Phi) is 9.54. The minimum absolute atomic E-state index is 0.106. The van der Waals surface area contributed by atoms with E-state index in [1.165, 1.54) is 29.5 Å². The van der Waals surface area contributed by atoms with E-state index in [1.807, 2.05) is 30.3 Å². The first-order valence-electron chi connectivity index (χ1n) is 9.52. The van der Waals surface area contributed by atoms with Crippen LogP contribution in [0.3, 0.4) is 0 Å².